The van der Waals surface area contributed by atoms with Gasteiger partial charge in [0.25, 0.3) is 0 Å². The molecule has 0 bridgehead atoms. The van der Waals surface area contributed by atoms with Crippen molar-refractivity contribution >= 4 is 17.6 Å². The fourth-order valence-corrected chi connectivity index (χ4v) is 2.67. The Kier molecular flexibility index (Phi) is 2.97. The highest BCUT2D eigenvalue weighted by Crippen LogP contribution is 2.49. The molecule has 5 heteroatoms. The molecule has 2 aliphatic carbocycles. The van der Waals surface area contributed by atoms with Gasteiger partial charge in [-0.1, -0.05) is 0 Å². The second-order valence-corrected chi connectivity index (χ2v) is 5.47. The van der Waals surface area contributed by atoms with Crippen molar-refractivity contribution in [3.05, 3.63) is 6.07 Å². The molecule has 0 unspecified atom stereocenters. The average Bonchev–Trinajstić information content (AvgIpc) is 3.22. The predicted octanol–water partition coefficient (Wildman–Crippen LogP) is 1.95. The first-order chi connectivity index (χ1) is 8.76. The molecule has 1 aromatic heterocycles. The molecule has 2 aliphatic rings. The monoisotopic (exact) mass is 247 g/mol. The molecule has 3 rings (SSSR count). The maximum atomic E-state index is 5.68. The molecule has 98 valence electrons. The van der Waals surface area contributed by atoms with Gasteiger partial charge < -0.3 is 16.4 Å². The van der Waals surface area contributed by atoms with Crippen LogP contribution in [0.25, 0.3) is 0 Å². The van der Waals surface area contributed by atoms with E-state index < -0.39 is 0 Å². The predicted molar refractivity (Wildman–Crippen MR) is 73.4 cm³/mol. The van der Waals surface area contributed by atoms with Crippen molar-refractivity contribution in [3.8, 4) is 0 Å². The van der Waals surface area contributed by atoms with E-state index in [1.807, 2.05) is 13.1 Å². The van der Waals surface area contributed by atoms with Crippen LogP contribution in [0.15, 0.2) is 6.07 Å². The topological polar surface area (TPSA) is 75.9 Å². The lowest BCUT2D eigenvalue weighted by molar-refractivity contribution is 0.428. The highest BCUT2D eigenvalue weighted by molar-refractivity contribution is 5.50. The first-order valence-corrected chi connectivity index (χ1v) is 6.82. The summed E-state index contributed by atoms with van der Waals surface area (Å²) in [7, 11) is 1.84. The van der Waals surface area contributed by atoms with Crippen LogP contribution in [-0.4, -0.2) is 23.6 Å². The van der Waals surface area contributed by atoms with Crippen LogP contribution in [0, 0.1) is 17.8 Å². The van der Waals surface area contributed by atoms with Crippen LogP contribution in [-0.2, 0) is 0 Å². The summed E-state index contributed by atoms with van der Waals surface area (Å²) in [5.41, 5.74) is 5.68. The van der Waals surface area contributed by atoms with Gasteiger partial charge in [-0.15, -0.1) is 0 Å². The van der Waals surface area contributed by atoms with E-state index in [1.165, 1.54) is 25.7 Å². The molecule has 4 N–H and O–H groups in total. The van der Waals surface area contributed by atoms with E-state index in [1.54, 1.807) is 0 Å². The highest BCUT2D eigenvalue weighted by Gasteiger charge is 2.41. The standard InChI is InChI=1S/C13H21N5/c1-15-11-6-12(18-13(14)17-11)16-7-10(8-2-3-8)9-4-5-9/h6,8-10H,2-5,7H2,1H3,(H4,14,15,16,17,18). The van der Waals surface area contributed by atoms with E-state index in [0.717, 1.165) is 35.9 Å². The zero-order valence-corrected chi connectivity index (χ0v) is 10.8. The van der Waals surface area contributed by atoms with Gasteiger partial charge in [0.2, 0.25) is 5.95 Å². The van der Waals surface area contributed by atoms with Gasteiger partial charge in [0.1, 0.15) is 11.6 Å². The van der Waals surface area contributed by atoms with Gasteiger partial charge in [0.05, 0.1) is 0 Å². The molecule has 0 aliphatic heterocycles. The molecule has 0 aromatic carbocycles. The van der Waals surface area contributed by atoms with Gasteiger partial charge in [0.15, 0.2) is 0 Å². The van der Waals surface area contributed by atoms with Gasteiger partial charge in [-0.3, -0.25) is 0 Å². The van der Waals surface area contributed by atoms with Crippen molar-refractivity contribution in [2.45, 2.75) is 25.7 Å². The average molecular weight is 247 g/mol. The molecule has 0 atom stereocenters. The smallest absolute Gasteiger partial charge is 0.223 e. The molecule has 0 saturated heterocycles. The summed E-state index contributed by atoms with van der Waals surface area (Å²) in [6, 6.07) is 1.91. The lowest BCUT2D eigenvalue weighted by Gasteiger charge is -2.17. The summed E-state index contributed by atoms with van der Waals surface area (Å²) in [5, 5.41) is 6.43. The minimum absolute atomic E-state index is 0.318. The summed E-state index contributed by atoms with van der Waals surface area (Å²) in [6.45, 7) is 1.02. The van der Waals surface area contributed by atoms with Crippen LogP contribution in [0.2, 0.25) is 0 Å². The maximum absolute atomic E-state index is 5.68. The van der Waals surface area contributed by atoms with Crippen molar-refractivity contribution in [1.29, 1.82) is 0 Å². The Morgan fingerprint density at radius 3 is 2.39 bits per heavy atom. The number of nitrogens with zero attached hydrogens (tertiary/aromatic N) is 2. The van der Waals surface area contributed by atoms with Crippen LogP contribution < -0.4 is 16.4 Å². The van der Waals surface area contributed by atoms with Crippen LogP contribution in [0.4, 0.5) is 17.6 Å². The van der Waals surface area contributed by atoms with E-state index >= 15 is 0 Å². The molecule has 0 spiro atoms. The molecule has 0 radical (unpaired) electrons. The molecule has 1 heterocycles. The number of hydrogen-bond acceptors (Lipinski definition) is 5. The number of aromatic nitrogens is 2. The van der Waals surface area contributed by atoms with Crippen molar-refractivity contribution in [3.63, 3.8) is 0 Å². The largest absolute Gasteiger partial charge is 0.373 e. The number of rotatable bonds is 6. The minimum atomic E-state index is 0.318. The Morgan fingerprint density at radius 1 is 1.22 bits per heavy atom. The van der Waals surface area contributed by atoms with Crippen LogP contribution in [0.5, 0.6) is 0 Å². The second-order valence-electron chi connectivity index (χ2n) is 5.47. The SMILES string of the molecule is CNc1cc(NCC(C2CC2)C2CC2)nc(N)n1. The summed E-state index contributed by atoms with van der Waals surface area (Å²) in [5.74, 6) is 4.65. The van der Waals surface area contributed by atoms with Crippen molar-refractivity contribution in [1.82, 2.24) is 9.97 Å². The molecule has 0 amide bonds. The van der Waals surface area contributed by atoms with E-state index in [4.69, 9.17) is 5.73 Å². The number of hydrogen-bond donors (Lipinski definition) is 3. The van der Waals surface area contributed by atoms with E-state index in [9.17, 15) is 0 Å². The number of nitrogen functional groups attached to an aromatic ring is 1. The van der Waals surface area contributed by atoms with Gasteiger partial charge in [0, 0.05) is 19.7 Å². The Balaban J connectivity index is 1.62. The number of nitrogens with two attached hydrogens (primary N) is 1. The highest BCUT2D eigenvalue weighted by atomic mass is 15.1. The summed E-state index contributed by atoms with van der Waals surface area (Å²) in [4.78, 5) is 8.32. The van der Waals surface area contributed by atoms with Crippen LogP contribution >= 0.6 is 0 Å². The fraction of sp³-hybridized carbons (Fsp3) is 0.692. The zero-order chi connectivity index (χ0) is 12.5. The number of anilines is 3. The minimum Gasteiger partial charge on any atom is -0.373 e. The molecule has 1 aromatic rings. The molecular formula is C13H21N5. The van der Waals surface area contributed by atoms with Gasteiger partial charge >= 0.3 is 0 Å². The summed E-state index contributed by atoms with van der Waals surface area (Å²) >= 11 is 0. The lowest BCUT2D eigenvalue weighted by atomic mass is 9.98. The first-order valence-electron chi connectivity index (χ1n) is 6.82. The van der Waals surface area contributed by atoms with Crippen LogP contribution in [0.3, 0.4) is 0 Å². The van der Waals surface area contributed by atoms with Crippen molar-refractivity contribution < 1.29 is 0 Å². The Morgan fingerprint density at radius 2 is 1.83 bits per heavy atom. The number of nitrogens with one attached hydrogen (secondary N) is 2. The van der Waals surface area contributed by atoms with Crippen molar-refractivity contribution in [2.24, 2.45) is 17.8 Å². The third-order valence-electron chi connectivity index (χ3n) is 3.97. The van der Waals surface area contributed by atoms with E-state index in [2.05, 4.69) is 20.6 Å². The molecule has 2 saturated carbocycles. The van der Waals surface area contributed by atoms with E-state index in [0.29, 0.717) is 5.95 Å². The van der Waals surface area contributed by atoms with Crippen molar-refractivity contribution in [2.75, 3.05) is 30.0 Å². The van der Waals surface area contributed by atoms with E-state index in [-0.39, 0.29) is 0 Å². The van der Waals surface area contributed by atoms with Gasteiger partial charge in [-0.05, 0) is 43.4 Å². The molecule has 18 heavy (non-hydrogen) atoms. The lowest BCUT2D eigenvalue weighted by Crippen LogP contribution is -2.19. The summed E-state index contributed by atoms with van der Waals surface area (Å²) in [6.07, 6.45) is 5.65. The third kappa shape index (κ3) is 2.66. The second kappa shape index (κ2) is 4.63. The van der Waals surface area contributed by atoms with Gasteiger partial charge in [-0.2, -0.15) is 9.97 Å². The molecule has 2 fully saturated rings. The van der Waals surface area contributed by atoms with Crippen LogP contribution in [0.1, 0.15) is 25.7 Å². The molecule has 5 nitrogen and oxygen atoms in total. The quantitative estimate of drug-likeness (QED) is 0.716. The fourth-order valence-electron chi connectivity index (χ4n) is 2.67. The normalized spacial score (nSPS) is 19.0. The Bertz CT molecular complexity index is 413. The third-order valence-corrected chi connectivity index (χ3v) is 3.97. The Hall–Kier alpha value is -1.52. The van der Waals surface area contributed by atoms with Gasteiger partial charge in [-0.25, -0.2) is 0 Å². The first kappa shape index (κ1) is 11.6. The maximum Gasteiger partial charge on any atom is 0.223 e. The molecular weight excluding hydrogens is 226 g/mol. The summed E-state index contributed by atoms with van der Waals surface area (Å²) < 4.78 is 0. The zero-order valence-electron chi connectivity index (χ0n) is 10.8. The Labute approximate surface area is 108 Å².